The SMILES string of the molecule is Cc1ccc(-c2ccc(C(=O)N3CCO[C@@]4(CCOC4)C3)s2)o1. The molecule has 0 N–H and O–H groups in total. The van der Waals surface area contributed by atoms with E-state index in [1.165, 1.54) is 11.3 Å². The van der Waals surface area contributed by atoms with Crippen molar-refractivity contribution in [3.8, 4) is 10.6 Å². The van der Waals surface area contributed by atoms with Crippen molar-refractivity contribution in [3.05, 3.63) is 34.9 Å². The Hall–Kier alpha value is -1.63. The molecule has 2 aliphatic heterocycles. The molecule has 2 aromatic heterocycles. The topological polar surface area (TPSA) is 51.9 Å². The van der Waals surface area contributed by atoms with Crippen LogP contribution in [0.1, 0.15) is 21.9 Å². The van der Waals surface area contributed by atoms with Crippen molar-refractivity contribution in [3.63, 3.8) is 0 Å². The smallest absolute Gasteiger partial charge is 0.264 e. The first-order chi connectivity index (χ1) is 11.2. The van der Waals surface area contributed by atoms with E-state index in [9.17, 15) is 4.79 Å². The molecule has 2 saturated heterocycles. The second-order valence-corrected chi connectivity index (χ2v) is 7.22. The lowest BCUT2D eigenvalue weighted by Crippen LogP contribution is -2.54. The Morgan fingerprint density at radius 3 is 2.91 bits per heavy atom. The molecule has 2 aliphatic rings. The second kappa shape index (κ2) is 5.78. The van der Waals surface area contributed by atoms with E-state index >= 15 is 0 Å². The van der Waals surface area contributed by atoms with E-state index in [0.717, 1.165) is 27.7 Å². The van der Waals surface area contributed by atoms with Crippen molar-refractivity contribution in [2.45, 2.75) is 18.9 Å². The lowest BCUT2D eigenvalue weighted by molar-refractivity contribution is -0.0994. The Morgan fingerprint density at radius 1 is 1.26 bits per heavy atom. The van der Waals surface area contributed by atoms with Crippen LogP contribution in [0.3, 0.4) is 0 Å². The van der Waals surface area contributed by atoms with E-state index in [2.05, 4.69) is 0 Å². The molecule has 0 bridgehead atoms. The Morgan fingerprint density at radius 2 is 2.17 bits per heavy atom. The minimum absolute atomic E-state index is 0.0686. The normalized spacial score (nSPS) is 24.5. The van der Waals surface area contributed by atoms with Gasteiger partial charge < -0.3 is 18.8 Å². The Kier molecular flexibility index (Phi) is 3.75. The zero-order chi connectivity index (χ0) is 15.9. The minimum atomic E-state index is -0.299. The molecule has 0 saturated carbocycles. The van der Waals surface area contributed by atoms with Gasteiger partial charge >= 0.3 is 0 Å². The molecule has 1 spiro atoms. The van der Waals surface area contributed by atoms with Gasteiger partial charge in [-0.15, -0.1) is 11.3 Å². The molecule has 0 aromatic carbocycles. The van der Waals surface area contributed by atoms with E-state index in [1.54, 1.807) is 0 Å². The molecule has 5 nitrogen and oxygen atoms in total. The molecule has 23 heavy (non-hydrogen) atoms. The minimum Gasteiger partial charge on any atom is -0.461 e. The largest absolute Gasteiger partial charge is 0.461 e. The summed E-state index contributed by atoms with van der Waals surface area (Å²) in [6, 6.07) is 7.70. The zero-order valence-electron chi connectivity index (χ0n) is 13.0. The highest BCUT2D eigenvalue weighted by Crippen LogP contribution is 2.32. The summed E-state index contributed by atoms with van der Waals surface area (Å²) < 4.78 is 17.0. The summed E-state index contributed by atoms with van der Waals surface area (Å²) in [7, 11) is 0. The molecular weight excluding hydrogens is 314 g/mol. The number of carbonyl (C=O) groups excluding carboxylic acids is 1. The van der Waals surface area contributed by atoms with Gasteiger partial charge in [-0.3, -0.25) is 4.79 Å². The summed E-state index contributed by atoms with van der Waals surface area (Å²) in [5.41, 5.74) is -0.299. The third-order valence-corrected chi connectivity index (χ3v) is 5.49. The van der Waals surface area contributed by atoms with Crippen molar-refractivity contribution in [1.82, 2.24) is 4.90 Å². The summed E-state index contributed by atoms with van der Waals surface area (Å²) in [4.78, 5) is 16.4. The average Bonchev–Trinajstić information content (AvgIpc) is 3.28. The highest BCUT2D eigenvalue weighted by molar-refractivity contribution is 7.17. The first kappa shape index (κ1) is 14.9. The van der Waals surface area contributed by atoms with E-state index in [-0.39, 0.29) is 11.5 Å². The fraction of sp³-hybridized carbons (Fsp3) is 0.471. The number of nitrogens with zero attached hydrogens (tertiary/aromatic N) is 1. The van der Waals surface area contributed by atoms with Crippen LogP contribution in [0.2, 0.25) is 0 Å². The summed E-state index contributed by atoms with van der Waals surface area (Å²) in [6.45, 7) is 5.03. The van der Waals surface area contributed by atoms with Gasteiger partial charge in [0.15, 0.2) is 0 Å². The van der Waals surface area contributed by atoms with Crippen molar-refractivity contribution >= 4 is 17.2 Å². The van der Waals surface area contributed by atoms with Crippen LogP contribution in [0.25, 0.3) is 10.6 Å². The molecule has 6 heteroatoms. The molecule has 0 unspecified atom stereocenters. The number of thiophene rings is 1. The molecule has 4 heterocycles. The maximum absolute atomic E-state index is 12.8. The van der Waals surface area contributed by atoms with Gasteiger partial charge in [0.1, 0.15) is 17.1 Å². The van der Waals surface area contributed by atoms with E-state index < -0.39 is 0 Å². The number of hydrogen-bond donors (Lipinski definition) is 0. The third-order valence-electron chi connectivity index (χ3n) is 4.40. The number of amides is 1. The summed E-state index contributed by atoms with van der Waals surface area (Å²) in [5, 5.41) is 0. The van der Waals surface area contributed by atoms with Crippen molar-refractivity contribution < 1.29 is 18.7 Å². The maximum Gasteiger partial charge on any atom is 0.264 e. The molecule has 2 aromatic rings. The van der Waals surface area contributed by atoms with Gasteiger partial charge in [-0.05, 0) is 31.2 Å². The summed E-state index contributed by atoms with van der Waals surface area (Å²) in [5.74, 6) is 1.76. The lowest BCUT2D eigenvalue weighted by Gasteiger charge is -2.39. The van der Waals surface area contributed by atoms with Crippen molar-refractivity contribution in [2.24, 2.45) is 0 Å². The van der Waals surface area contributed by atoms with Gasteiger partial charge in [-0.25, -0.2) is 0 Å². The standard InChI is InChI=1S/C17H19NO4S/c1-12-2-3-13(22-12)14-4-5-15(23-14)16(19)18-7-9-21-17(10-18)6-8-20-11-17/h2-5H,6-11H2,1H3/t17-/m0/s1. The van der Waals surface area contributed by atoms with Crippen LogP contribution in [0, 0.1) is 6.92 Å². The summed E-state index contributed by atoms with van der Waals surface area (Å²) in [6.07, 6.45) is 0.859. The van der Waals surface area contributed by atoms with Gasteiger partial charge in [-0.1, -0.05) is 0 Å². The van der Waals surface area contributed by atoms with Crippen LogP contribution in [0.15, 0.2) is 28.7 Å². The van der Waals surface area contributed by atoms with Crippen molar-refractivity contribution in [2.75, 3.05) is 32.9 Å². The van der Waals surface area contributed by atoms with Gasteiger partial charge in [0.25, 0.3) is 5.91 Å². The fourth-order valence-electron chi connectivity index (χ4n) is 3.15. The van der Waals surface area contributed by atoms with E-state index in [1.807, 2.05) is 36.1 Å². The maximum atomic E-state index is 12.8. The molecular formula is C17H19NO4S. The Bertz CT molecular complexity index is 714. The number of aryl methyl sites for hydroxylation is 1. The predicted octanol–water partition coefficient (Wildman–Crippen LogP) is 2.95. The van der Waals surface area contributed by atoms with Gasteiger partial charge in [0, 0.05) is 19.6 Å². The number of morpholine rings is 1. The molecule has 122 valence electrons. The highest BCUT2D eigenvalue weighted by atomic mass is 32.1. The van der Waals surface area contributed by atoms with Crippen LogP contribution in [-0.2, 0) is 9.47 Å². The number of rotatable bonds is 2. The number of ether oxygens (including phenoxy) is 2. The number of carbonyl (C=O) groups is 1. The molecule has 1 atom stereocenters. The van der Waals surface area contributed by atoms with Crippen LogP contribution in [0.5, 0.6) is 0 Å². The van der Waals surface area contributed by atoms with Crippen LogP contribution >= 0.6 is 11.3 Å². The zero-order valence-corrected chi connectivity index (χ0v) is 13.9. The van der Waals surface area contributed by atoms with E-state index in [4.69, 9.17) is 13.9 Å². The summed E-state index contributed by atoms with van der Waals surface area (Å²) >= 11 is 1.48. The predicted molar refractivity (Wildman–Crippen MR) is 86.8 cm³/mol. The monoisotopic (exact) mass is 333 g/mol. The quantitative estimate of drug-likeness (QED) is 0.848. The van der Waals surface area contributed by atoms with Gasteiger partial charge in [0.2, 0.25) is 0 Å². The van der Waals surface area contributed by atoms with Crippen LogP contribution in [-0.4, -0.2) is 49.3 Å². The first-order valence-corrected chi connectivity index (χ1v) is 8.65. The second-order valence-electron chi connectivity index (χ2n) is 6.13. The van der Waals surface area contributed by atoms with Gasteiger partial charge in [0.05, 0.1) is 29.5 Å². The average molecular weight is 333 g/mol. The molecule has 4 rings (SSSR count). The van der Waals surface area contributed by atoms with Gasteiger partial charge in [-0.2, -0.15) is 0 Å². The number of hydrogen-bond acceptors (Lipinski definition) is 5. The highest BCUT2D eigenvalue weighted by Gasteiger charge is 2.42. The number of furan rings is 1. The first-order valence-electron chi connectivity index (χ1n) is 7.83. The Balaban J connectivity index is 1.51. The van der Waals surface area contributed by atoms with Crippen molar-refractivity contribution in [1.29, 1.82) is 0 Å². The molecule has 0 aliphatic carbocycles. The molecule has 0 radical (unpaired) electrons. The van der Waals surface area contributed by atoms with E-state index in [0.29, 0.717) is 32.9 Å². The molecule has 2 fully saturated rings. The fourth-order valence-corrected chi connectivity index (χ4v) is 4.09. The lowest BCUT2D eigenvalue weighted by atomic mass is 10.0. The Labute approximate surface area is 138 Å². The molecule has 1 amide bonds. The van der Waals surface area contributed by atoms with Crippen LogP contribution in [0.4, 0.5) is 0 Å². The third kappa shape index (κ3) is 2.82. The van der Waals surface area contributed by atoms with Crippen LogP contribution < -0.4 is 0 Å².